The molecule has 2 aliphatic rings. The molecule has 2 fully saturated rings. The molecule has 1 atom stereocenters. The third kappa shape index (κ3) is 5.14. The van der Waals surface area contributed by atoms with Gasteiger partial charge in [0.2, 0.25) is 21.8 Å². The lowest BCUT2D eigenvalue weighted by atomic mass is 9.91. The number of anilines is 1. The second kappa shape index (κ2) is 9.74. The van der Waals surface area contributed by atoms with E-state index in [1.54, 1.807) is 31.2 Å². The van der Waals surface area contributed by atoms with Crippen molar-refractivity contribution in [3.05, 3.63) is 59.2 Å². The molecule has 1 N–H and O–H groups in total. The van der Waals surface area contributed by atoms with Gasteiger partial charge in [0.25, 0.3) is 0 Å². The summed E-state index contributed by atoms with van der Waals surface area (Å²) in [5.74, 6) is -0.737. The first-order valence-electron chi connectivity index (χ1n) is 12.3. The van der Waals surface area contributed by atoms with Gasteiger partial charge in [-0.25, -0.2) is 8.42 Å². The van der Waals surface area contributed by atoms with Crippen molar-refractivity contribution in [2.24, 2.45) is 0 Å². The van der Waals surface area contributed by atoms with Crippen LogP contribution in [-0.4, -0.2) is 49.2 Å². The second-order valence-corrected chi connectivity index (χ2v) is 12.2. The molecule has 8 heteroatoms. The van der Waals surface area contributed by atoms with Gasteiger partial charge in [-0.15, -0.1) is 0 Å². The van der Waals surface area contributed by atoms with Crippen molar-refractivity contribution in [1.82, 2.24) is 9.62 Å². The van der Waals surface area contributed by atoms with Crippen LogP contribution >= 0.6 is 0 Å². The van der Waals surface area contributed by atoms with Crippen molar-refractivity contribution in [2.45, 2.75) is 76.3 Å². The van der Waals surface area contributed by atoms with Crippen molar-refractivity contribution in [3.8, 4) is 0 Å². The minimum Gasteiger partial charge on any atom is -0.351 e. The first-order valence-corrected chi connectivity index (χ1v) is 13.7. The maximum Gasteiger partial charge on any atom is 0.247 e. The number of nitrogens with one attached hydrogen (secondary N) is 1. The number of hydrogen-bond donors (Lipinski definition) is 1. The zero-order valence-electron chi connectivity index (χ0n) is 21.0. The lowest BCUT2D eigenvalue weighted by molar-refractivity contribution is -0.133. The van der Waals surface area contributed by atoms with E-state index in [0.717, 1.165) is 53.1 Å². The molecule has 35 heavy (non-hydrogen) atoms. The molecular weight excluding hydrogens is 462 g/mol. The van der Waals surface area contributed by atoms with E-state index >= 15 is 0 Å². The van der Waals surface area contributed by atoms with Crippen LogP contribution in [0.25, 0.3) is 0 Å². The summed E-state index contributed by atoms with van der Waals surface area (Å²) in [6.45, 7) is 7.00. The summed E-state index contributed by atoms with van der Waals surface area (Å²) in [4.78, 5) is 29.0. The van der Waals surface area contributed by atoms with E-state index in [2.05, 4.69) is 5.32 Å². The fourth-order valence-corrected chi connectivity index (χ4v) is 6.75. The van der Waals surface area contributed by atoms with Gasteiger partial charge in [-0.1, -0.05) is 43.0 Å². The number of sulfonamides is 1. The van der Waals surface area contributed by atoms with Gasteiger partial charge in [-0.3, -0.25) is 14.5 Å². The quantitative estimate of drug-likeness (QED) is 0.680. The average molecular weight is 498 g/mol. The normalized spacial score (nSPS) is 22.3. The highest BCUT2D eigenvalue weighted by molar-refractivity contribution is 7.89. The predicted molar refractivity (Wildman–Crippen MR) is 137 cm³/mol. The Morgan fingerprint density at radius 3 is 2.14 bits per heavy atom. The van der Waals surface area contributed by atoms with E-state index in [1.807, 2.05) is 39.0 Å². The second-order valence-electron chi connectivity index (χ2n) is 10.2. The number of hydrogen-bond acceptors (Lipinski definition) is 4. The number of carbonyl (C=O) groups excluding carboxylic acids is 2. The van der Waals surface area contributed by atoms with Gasteiger partial charge in [-0.2, -0.15) is 4.31 Å². The molecule has 2 aromatic rings. The fraction of sp³-hybridized carbons (Fsp3) is 0.481. The average Bonchev–Trinajstić information content (AvgIpc) is 2.79. The maximum atomic E-state index is 13.8. The van der Waals surface area contributed by atoms with Gasteiger partial charge in [0, 0.05) is 18.3 Å². The van der Waals surface area contributed by atoms with Crippen LogP contribution in [-0.2, 0) is 19.6 Å². The smallest absolute Gasteiger partial charge is 0.247 e. The molecule has 1 heterocycles. The van der Waals surface area contributed by atoms with Crippen LogP contribution in [0.3, 0.4) is 0 Å². The van der Waals surface area contributed by atoms with Crippen LogP contribution in [0, 0.1) is 20.8 Å². The fourth-order valence-electron chi connectivity index (χ4n) is 5.27. The lowest BCUT2D eigenvalue weighted by Crippen LogP contribution is -2.70. The van der Waals surface area contributed by atoms with Crippen molar-refractivity contribution in [3.63, 3.8) is 0 Å². The van der Waals surface area contributed by atoms with Gasteiger partial charge < -0.3 is 5.32 Å². The van der Waals surface area contributed by atoms with Crippen LogP contribution in [0.4, 0.5) is 5.69 Å². The van der Waals surface area contributed by atoms with E-state index in [9.17, 15) is 18.0 Å². The molecule has 1 saturated carbocycles. The van der Waals surface area contributed by atoms with Gasteiger partial charge in [0.1, 0.15) is 5.54 Å². The predicted octanol–water partition coefficient (Wildman–Crippen LogP) is 3.86. The summed E-state index contributed by atoms with van der Waals surface area (Å²) in [5.41, 5.74) is 2.10. The third-order valence-corrected chi connectivity index (χ3v) is 8.90. The highest BCUT2D eigenvalue weighted by Gasteiger charge is 2.51. The Bertz CT molecular complexity index is 1200. The topological polar surface area (TPSA) is 86.8 Å². The van der Waals surface area contributed by atoms with Crippen LogP contribution in [0.2, 0.25) is 0 Å². The molecule has 0 bridgehead atoms. The van der Waals surface area contributed by atoms with Crippen LogP contribution in [0.1, 0.15) is 55.7 Å². The summed E-state index contributed by atoms with van der Waals surface area (Å²) in [5, 5.41) is 3.14. The Labute approximate surface area is 208 Å². The standard InChI is InChI=1S/C27H35N3O4S/c1-19-10-12-24(13-11-19)35(33,34)29-17-25(31)30(23-15-20(2)14-21(3)16-23)27(4,18-29)26(32)28-22-8-6-5-7-9-22/h10-16,22H,5-9,17-18H2,1-4H3,(H,28,32)/t27-/m0/s1. The molecular formula is C27H35N3O4S. The molecule has 1 aliphatic carbocycles. The zero-order chi connectivity index (χ0) is 25.4. The Morgan fingerprint density at radius 2 is 1.54 bits per heavy atom. The third-order valence-electron chi connectivity index (χ3n) is 7.09. The SMILES string of the molecule is Cc1ccc(S(=O)(=O)N2CC(=O)N(c3cc(C)cc(C)c3)[C@](C)(C(=O)NC3CCCCC3)C2)cc1. The molecule has 0 spiro atoms. The first kappa shape index (κ1) is 25.4. The van der Waals surface area contributed by atoms with Crippen molar-refractivity contribution in [1.29, 1.82) is 0 Å². The van der Waals surface area contributed by atoms with Crippen molar-refractivity contribution < 1.29 is 18.0 Å². The Hall–Kier alpha value is -2.71. The first-order chi connectivity index (χ1) is 16.5. The Morgan fingerprint density at radius 1 is 0.943 bits per heavy atom. The summed E-state index contributed by atoms with van der Waals surface area (Å²) in [7, 11) is -3.97. The minimum atomic E-state index is -3.97. The number of carbonyl (C=O) groups is 2. The van der Waals surface area contributed by atoms with E-state index in [-0.39, 0.29) is 29.9 Å². The molecule has 1 aliphatic heterocycles. The summed E-state index contributed by atoms with van der Waals surface area (Å²) < 4.78 is 28.2. The van der Waals surface area contributed by atoms with Gasteiger partial charge in [-0.05, 0) is 75.9 Å². The molecule has 2 amide bonds. The minimum absolute atomic E-state index is 0.0355. The number of benzene rings is 2. The number of rotatable bonds is 5. The number of piperazine rings is 1. The Balaban J connectivity index is 1.74. The Kier molecular flexibility index (Phi) is 7.06. The molecule has 188 valence electrons. The monoisotopic (exact) mass is 497 g/mol. The summed E-state index contributed by atoms with van der Waals surface area (Å²) in [6.07, 6.45) is 5.04. The summed E-state index contributed by atoms with van der Waals surface area (Å²) >= 11 is 0. The van der Waals surface area contributed by atoms with Gasteiger partial charge in [0.05, 0.1) is 11.4 Å². The van der Waals surface area contributed by atoms with Crippen molar-refractivity contribution >= 4 is 27.5 Å². The van der Waals surface area contributed by atoms with Crippen LogP contribution in [0.15, 0.2) is 47.4 Å². The van der Waals surface area contributed by atoms with Crippen LogP contribution in [0.5, 0.6) is 0 Å². The molecule has 1 saturated heterocycles. The van der Waals surface area contributed by atoms with E-state index in [1.165, 1.54) is 4.90 Å². The molecule has 0 radical (unpaired) electrons. The molecule has 0 aromatic heterocycles. The van der Waals surface area contributed by atoms with E-state index in [0.29, 0.717) is 5.69 Å². The highest BCUT2D eigenvalue weighted by atomic mass is 32.2. The van der Waals surface area contributed by atoms with E-state index < -0.39 is 21.5 Å². The van der Waals surface area contributed by atoms with Crippen LogP contribution < -0.4 is 10.2 Å². The molecule has 0 unspecified atom stereocenters. The van der Waals surface area contributed by atoms with Crippen molar-refractivity contribution in [2.75, 3.05) is 18.0 Å². The number of nitrogens with zero attached hydrogens (tertiary/aromatic N) is 2. The number of aryl methyl sites for hydroxylation is 3. The molecule has 4 rings (SSSR count). The largest absolute Gasteiger partial charge is 0.351 e. The number of amides is 2. The molecule has 7 nitrogen and oxygen atoms in total. The lowest BCUT2D eigenvalue weighted by Gasteiger charge is -2.47. The zero-order valence-corrected chi connectivity index (χ0v) is 21.8. The summed E-state index contributed by atoms with van der Waals surface area (Å²) in [6, 6.07) is 12.3. The highest BCUT2D eigenvalue weighted by Crippen LogP contribution is 2.34. The molecule has 2 aromatic carbocycles. The van der Waals surface area contributed by atoms with Gasteiger partial charge in [0.15, 0.2) is 0 Å². The maximum absolute atomic E-state index is 13.8. The van der Waals surface area contributed by atoms with E-state index in [4.69, 9.17) is 0 Å². The van der Waals surface area contributed by atoms with Gasteiger partial charge >= 0.3 is 0 Å².